The maximum absolute atomic E-state index is 13.2. The average Bonchev–Trinajstić information content (AvgIpc) is 3.08. The van der Waals surface area contributed by atoms with Crippen LogP contribution in [0.2, 0.25) is 0 Å². The molecule has 0 heterocycles. The number of ketones is 1. The molecule has 0 bridgehead atoms. The molecular formula is C37H52ClNO7. The van der Waals surface area contributed by atoms with Gasteiger partial charge in [0.05, 0.1) is 37.5 Å². The van der Waals surface area contributed by atoms with Gasteiger partial charge in [0.25, 0.3) is 0 Å². The number of amides is 1. The van der Waals surface area contributed by atoms with Crippen LogP contribution in [0.25, 0.3) is 0 Å². The molecule has 1 N–H and O–H groups in total. The molecule has 0 saturated heterocycles. The molecule has 2 rings (SSSR count). The van der Waals surface area contributed by atoms with Crippen molar-refractivity contribution in [2.75, 3.05) is 26.1 Å². The molecule has 2 aromatic carbocycles. The number of rotatable bonds is 24. The number of alkyl halides is 1. The summed E-state index contributed by atoms with van der Waals surface area (Å²) in [4.78, 5) is 50.3. The Morgan fingerprint density at radius 3 is 1.61 bits per heavy atom. The lowest BCUT2D eigenvalue weighted by molar-refractivity contribution is -0.115. The van der Waals surface area contributed by atoms with E-state index in [0.29, 0.717) is 12.4 Å². The van der Waals surface area contributed by atoms with E-state index in [1.807, 2.05) is 0 Å². The minimum absolute atomic E-state index is 0.0194. The third kappa shape index (κ3) is 14.4. The Labute approximate surface area is 279 Å². The molecule has 8 nitrogen and oxygen atoms in total. The number of para-hydroxylation sites is 1. The Morgan fingerprint density at radius 2 is 1.13 bits per heavy atom. The number of hydrogen-bond acceptors (Lipinski definition) is 7. The molecule has 0 radical (unpaired) electrons. The van der Waals surface area contributed by atoms with Crippen molar-refractivity contribution in [1.29, 1.82) is 0 Å². The summed E-state index contributed by atoms with van der Waals surface area (Å²) in [5.74, 6) is -2.51. The second kappa shape index (κ2) is 23.0. The number of methoxy groups -OCH3 is 2. The topological polar surface area (TPSA) is 108 Å². The van der Waals surface area contributed by atoms with E-state index in [1.54, 1.807) is 24.3 Å². The zero-order valence-corrected chi connectivity index (χ0v) is 28.6. The third-order valence-corrected chi connectivity index (χ3v) is 8.31. The quantitative estimate of drug-likeness (QED) is 0.0394. The third-order valence-electron chi connectivity index (χ3n) is 7.91. The highest BCUT2D eigenvalue weighted by Gasteiger charge is 2.28. The highest BCUT2D eigenvalue weighted by Crippen LogP contribution is 2.24. The molecule has 46 heavy (non-hydrogen) atoms. The van der Waals surface area contributed by atoms with Crippen LogP contribution in [0.5, 0.6) is 5.75 Å². The molecule has 0 saturated carbocycles. The summed E-state index contributed by atoms with van der Waals surface area (Å²) in [5.41, 5.74) is 0.324. The van der Waals surface area contributed by atoms with Gasteiger partial charge >= 0.3 is 11.9 Å². The lowest BCUT2D eigenvalue weighted by Gasteiger charge is -2.14. The van der Waals surface area contributed by atoms with Crippen molar-refractivity contribution in [3.63, 3.8) is 0 Å². The smallest absolute Gasteiger partial charge is 0.337 e. The number of anilines is 1. The van der Waals surface area contributed by atoms with E-state index in [2.05, 4.69) is 12.2 Å². The van der Waals surface area contributed by atoms with E-state index in [1.165, 1.54) is 116 Å². The minimum atomic E-state index is -1.58. The number of Topliss-reactive ketones (excluding diaryl/α,β-unsaturated/α-hetero) is 1. The first-order valence-electron chi connectivity index (χ1n) is 16.8. The maximum Gasteiger partial charge on any atom is 0.337 e. The van der Waals surface area contributed by atoms with Gasteiger partial charge in [-0.3, -0.25) is 9.59 Å². The first kappa shape index (κ1) is 38.8. The molecule has 0 aromatic heterocycles. The van der Waals surface area contributed by atoms with Crippen LogP contribution < -0.4 is 10.1 Å². The minimum Gasteiger partial charge on any atom is -0.493 e. The second-order valence-corrected chi connectivity index (χ2v) is 12.1. The van der Waals surface area contributed by atoms with Crippen molar-refractivity contribution in [2.24, 2.45) is 0 Å². The second-order valence-electron chi connectivity index (χ2n) is 11.6. The summed E-state index contributed by atoms with van der Waals surface area (Å²) in [6.07, 6.45) is 20.6. The lowest BCUT2D eigenvalue weighted by atomic mass is 10.0. The van der Waals surface area contributed by atoms with E-state index in [9.17, 15) is 19.2 Å². The van der Waals surface area contributed by atoms with Crippen LogP contribution >= 0.6 is 11.6 Å². The number of ether oxygens (including phenoxy) is 3. The van der Waals surface area contributed by atoms with E-state index in [4.69, 9.17) is 25.8 Å². The number of benzene rings is 2. The van der Waals surface area contributed by atoms with E-state index in [0.717, 1.165) is 19.3 Å². The number of carbonyl (C=O) groups is 4. The van der Waals surface area contributed by atoms with Gasteiger partial charge in [-0.1, -0.05) is 115 Å². The molecule has 0 aliphatic rings. The largest absolute Gasteiger partial charge is 0.493 e. The van der Waals surface area contributed by atoms with Gasteiger partial charge in [0.15, 0.2) is 11.2 Å². The summed E-state index contributed by atoms with van der Waals surface area (Å²) < 4.78 is 15.4. The van der Waals surface area contributed by atoms with Gasteiger partial charge in [0.1, 0.15) is 5.75 Å². The van der Waals surface area contributed by atoms with Crippen LogP contribution in [0.3, 0.4) is 0 Å². The SMILES string of the molecule is CCCCCCCCCCCCCCCCCCOc1ccccc1C(=O)C(Cl)C(=O)Nc1cc(C(=O)OC)cc(C(=O)OC)c1. The summed E-state index contributed by atoms with van der Waals surface area (Å²) in [5, 5.41) is 0.926. The summed E-state index contributed by atoms with van der Waals surface area (Å²) in [7, 11) is 2.39. The first-order chi connectivity index (χ1) is 22.3. The normalized spacial score (nSPS) is 11.5. The van der Waals surface area contributed by atoms with Crippen LogP contribution in [0.1, 0.15) is 141 Å². The Morgan fingerprint density at radius 1 is 0.674 bits per heavy atom. The van der Waals surface area contributed by atoms with Gasteiger partial charge in [0, 0.05) is 5.69 Å². The molecule has 0 spiro atoms. The highest BCUT2D eigenvalue weighted by atomic mass is 35.5. The van der Waals surface area contributed by atoms with E-state index >= 15 is 0 Å². The number of halogens is 1. The molecule has 254 valence electrons. The van der Waals surface area contributed by atoms with Crippen LogP contribution in [0.4, 0.5) is 5.69 Å². The van der Waals surface area contributed by atoms with E-state index in [-0.39, 0.29) is 22.4 Å². The number of esters is 2. The summed E-state index contributed by atoms with van der Waals surface area (Å²) >= 11 is 6.30. The zero-order valence-electron chi connectivity index (χ0n) is 27.9. The predicted molar refractivity (Wildman–Crippen MR) is 183 cm³/mol. The molecule has 1 atom stereocenters. The zero-order chi connectivity index (χ0) is 33.6. The van der Waals surface area contributed by atoms with Crippen LogP contribution in [-0.2, 0) is 14.3 Å². The Balaban J connectivity index is 1.73. The number of nitrogens with one attached hydrogen (secondary N) is 1. The first-order valence-corrected chi connectivity index (χ1v) is 17.3. The van der Waals surface area contributed by atoms with Gasteiger partial charge in [-0.05, 0) is 36.8 Å². The van der Waals surface area contributed by atoms with Crippen molar-refractivity contribution in [1.82, 2.24) is 0 Å². The molecule has 0 aliphatic heterocycles. The Kier molecular flexibility index (Phi) is 19.4. The molecule has 0 aliphatic carbocycles. The Hall–Kier alpha value is -3.39. The van der Waals surface area contributed by atoms with Crippen LogP contribution in [-0.4, -0.2) is 49.8 Å². The van der Waals surface area contributed by atoms with Gasteiger partial charge < -0.3 is 19.5 Å². The van der Waals surface area contributed by atoms with Crippen LogP contribution in [0, 0.1) is 0 Å². The van der Waals surface area contributed by atoms with Gasteiger partial charge in [-0.2, -0.15) is 0 Å². The number of hydrogen-bond donors (Lipinski definition) is 1. The summed E-state index contributed by atoms with van der Waals surface area (Å²) in [6, 6.07) is 10.6. The Bertz CT molecular complexity index is 1200. The fraction of sp³-hybridized carbons (Fsp3) is 0.568. The average molecular weight is 658 g/mol. The van der Waals surface area contributed by atoms with E-state index < -0.39 is 29.0 Å². The molecule has 0 fully saturated rings. The van der Waals surface area contributed by atoms with Crippen molar-refractivity contribution < 1.29 is 33.4 Å². The predicted octanol–water partition coefficient (Wildman–Crippen LogP) is 9.33. The van der Waals surface area contributed by atoms with Gasteiger partial charge in [0.2, 0.25) is 5.91 Å². The van der Waals surface area contributed by atoms with Crippen molar-refractivity contribution in [2.45, 2.75) is 115 Å². The van der Waals surface area contributed by atoms with Crippen molar-refractivity contribution >= 4 is 40.9 Å². The monoisotopic (exact) mass is 657 g/mol. The fourth-order valence-electron chi connectivity index (χ4n) is 5.26. The van der Waals surface area contributed by atoms with Gasteiger partial charge in [-0.15, -0.1) is 11.6 Å². The van der Waals surface area contributed by atoms with Crippen molar-refractivity contribution in [3.05, 3.63) is 59.2 Å². The maximum atomic E-state index is 13.2. The molecular weight excluding hydrogens is 606 g/mol. The number of carbonyl (C=O) groups excluding carboxylic acids is 4. The number of unbranched alkanes of at least 4 members (excludes halogenated alkanes) is 15. The van der Waals surface area contributed by atoms with Crippen molar-refractivity contribution in [3.8, 4) is 5.75 Å². The summed E-state index contributed by atoms with van der Waals surface area (Å²) in [6.45, 7) is 2.72. The molecule has 1 unspecified atom stereocenters. The standard InChI is InChI=1S/C37H52ClNO7/c1-4-5-6-7-8-9-10-11-12-13-14-15-16-17-18-21-24-46-32-23-20-19-22-31(32)34(40)33(38)35(41)39-30-26-28(36(42)44-2)25-29(27-30)37(43)45-3/h19-20,22-23,25-27,33H,4-18,21,24H2,1-3H3,(H,39,41). The fourth-order valence-corrected chi connectivity index (χ4v) is 5.43. The molecule has 1 amide bonds. The van der Waals surface area contributed by atoms with Crippen LogP contribution in [0.15, 0.2) is 42.5 Å². The van der Waals surface area contributed by atoms with Gasteiger partial charge in [-0.25, -0.2) is 9.59 Å². The lowest BCUT2D eigenvalue weighted by Crippen LogP contribution is -2.31. The highest BCUT2D eigenvalue weighted by molar-refractivity contribution is 6.45. The molecule has 9 heteroatoms. The molecule has 2 aromatic rings.